The monoisotopic (exact) mass is 326 g/mol. The third-order valence-corrected chi connectivity index (χ3v) is 6.39. The van der Waals surface area contributed by atoms with Gasteiger partial charge in [-0.2, -0.15) is 0 Å². The number of benzene rings is 1. The Hall–Kier alpha value is -1.44. The van der Waals surface area contributed by atoms with E-state index in [0.29, 0.717) is 17.0 Å². The summed E-state index contributed by atoms with van der Waals surface area (Å²) in [6.45, 7) is 7.31. The fourth-order valence-electron chi connectivity index (χ4n) is 2.31. The van der Waals surface area contributed by atoms with Crippen molar-refractivity contribution in [1.82, 2.24) is 9.71 Å². The maximum absolute atomic E-state index is 12.4. The molecule has 0 aliphatic heterocycles. The van der Waals surface area contributed by atoms with Crippen LogP contribution in [0.15, 0.2) is 27.2 Å². The summed E-state index contributed by atoms with van der Waals surface area (Å²) in [5.41, 5.74) is 3.45. The second-order valence-corrected chi connectivity index (χ2v) is 8.02. The van der Waals surface area contributed by atoms with Gasteiger partial charge in [0.2, 0.25) is 0 Å². The molecule has 1 heterocycles. The van der Waals surface area contributed by atoms with Crippen molar-refractivity contribution in [2.24, 2.45) is 0 Å². The van der Waals surface area contributed by atoms with Crippen molar-refractivity contribution in [2.75, 3.05) is 0 Å². The Morgan fingerprint density at radius 2 is 1.90 bits per heavy atom. The second kappa shape index (κ2) is 5.75. The van der Waals surface area contributed by atoms with Crippen LogP contribution in [0.5, 0.6) is 0 Å². The van der Waals surface area contributed by atoms with Crippen LogP contribution >= 0.6 is 11.3 Å². The Morgan fingerprint density at radius 1 is 1.24 bits per heavy atom. The molecule has 0 radical (unpaired) electrons. The third kappa shape index (κ3) is 3.42. The van der Waals surface area contributed by atoms with Gasteiger partial charge in [-0.05, 0) is 38.8 Å². The molecule has 1 aromatic carbocycles. The minimum atomic E-state index is -3.71. The Morgan fingerprint density at radius 3 is 2.43 bits per heavy atom. The van der Waals surface area contributed by atoms with E-state index in [1.165, 1.54) is 0 Å². The lowest BCUT2D eigenvalue weighted by Crippen LogP contribution is -2.27. The van der Waals surface area contributed by atoms with Crippen LogP contribution in [0.4, 0.5) is 0 Å². The molecule has 0 saturated heterocycles. The number of aromatic nitrogens is 1. The Bertz CT molecular complexity index is 819. The molecule has 7 heteroatoms. The quantitative estimate of drug-likeness (QED) is 0.905. The zero-order valence-electron chi connectivity index (χ0n) is 12.4. The van der Waals surface area contributed by atoms with E-state index in [4.69, 9.17) is 0 Å². The number of nitrogens with one attached hydrogen (secondary N) is 2. The van der Waals surface area contributed by atoms with Gasteiger partial charge in [0, 0.05) is 11.7 Å². The predicted octanol–water partition coefficient (Wildman–Crippen LogP) is 2.40. The summed E-state index contributed by atoms with van der Waals surface area (Å²) < 4.78 is 27.4. The van der Waals surface area contributed by atoms with Crippen molar-refractivity contribution in [3.63, 3.8) is 0 Å². The summed E-state index contributed by atoms with van der Waals surface area (Å²) >= 11 is 0.704. The number of hydrogen-bond acceptors (Lipinski definition) is 4. The molecule has 1 aromatic heterocycles. The second-order valence-electron chi connectivity index (χ2n) is 5.13. The van der Waals surface area contributed by atoms with Gasteiger partial charge in [-0.25, -0.2) is 13.1 Å². The number of sulfonamides is 1. The van der Waals surface area contributed by atoms with E-state index in [0.717, 1.165) is 16.7 Å². The van der Waals surface area contributed by atoms with Gasteiger partial charge < -0.3 is 4.98 Å². The van der Waals surface area contributed by atoms with E-state index >= 15 is 0 Å². The molecular weight excluding hydrogens is 308 g/mol. The Balaban J connectivity index is 2.32. The van der Waals surface area contributed by atoms with Crippen molar-refractivity contribution < 1.29 is 8.42 Å². The molecule has 0 saturated carbocycles. The molecule has 2 rings (SSSR count). The van der Waals surface area contributed by atoms with Crippen LogP contribution in [0.1, 0.15) is 35.3 Å². The molecule has 0 bridgehead atoms. The summed E-state index contributed by atoms with van der Waals surface area (Å²) in [5.74, 6) is 0. The van der Waals surface area contributed by atoms with Crippen molar-refractivity contribution in [2.45, 2.75) is 37.9 Å². The van der Waals surface area contributed by atoms with Crippen LogP contribution in [-0.2, 0) is 10.0 Å². The average molecular weight is 326 g/mol. The summed E-state index contributed by atoms with van der Waals surface area (Å²) in [5, 5.41) is 0. The van der Waals surface area contributed by atoms with Crippen molar-refractivity contribution in [1.29, 1.82) is 0 Å². The molecule has 2 aromatic rings. The van der Waals surface area contributed by atoms with E-state index in [2.05, 4.69) is 9.71 Å². The van der Waals surface area contributed by atoms with E-state index in [-0.39, 0.29) is 15.1 Å². The minimum Gasteiger partial charge on any atom is -0.315 e. The number of thiazole rings is 1. The molecule has 2 N–H and O–H groups in total. The zero-order valence-corrected chi connectivity index (χ0v) is 14.0. The van der Waals surface area contributed by atoms with Crippen LogP contribution in [0.2, 0.25) is 0 Å². The van der Waals surface area contributed by atoms with Gasteiger partial charge in [-0.3, -0.25) is 4.79 Å². The van der Waals surface area contributed by atoms with Crippen LogP contribution in [0, 0.1) is 20.8 Å². The van der Waals surface area contributed by atoms with Crippen LogP contribution < -0.4 is 9.60 Å². The molecule has 0 amide bonds. The van der Waals surface area contributed by atoms with E-state index in [9.17, 15) is 13.2 Å². The fraction of sp³-hybridized carbons (Fsp3) is 0.357. The predicted molar refractivity (Wildman–Crippen MR) is 84.3 cm³/mol. The number of H-pyrrole nitrogens is 1. The molecule has 5 nitrogen and oxygen atoms in total. The third-order valence-electron chi connectivity index (χ3n) is 3.25. The van der Waals surface area contributed by atoms with Gasteiger partial charge in [-0.1, -0.05) is 35.1 Å². The first-order valence-corrected chi connectivity index (χ1v) is 8.80. The largest absolute Gasteiger partial charge is 0.315 e. The molecule has 1 unspecified atom stereocenters. The first kappa shape index (κ1) is 15.9. The van der Waals surface area contributed by atoms with E-state index < -0.39 is 10.0 Å². The zero-order chi connectivity index (χ0) is 15.8. The number of hydrogen-bond donors (Lipinski definition) is 2. The standard InChI is InChI=1S/C14H18N2O3S2/c1-8-5-6-12(9(2)7-8)10(3)16-21(18,19)13-11(4)15-14(17)20-13/h5-7,10,16H,1-4H3,(H,15,17). The van der Waals surface area contributed by atoms with Gasteiger partial charge in [0.25, 0.3) is 10.0 Å². The topological polar surface area (TPSA) is 79.0 Å². The fourth-order valence-corrected chi connectivity index (χ4v) is 4.85. The van der Waals surface area contributed by atoms with E-state index in [1.807, 2.05) is 32.0 Å². The highest BCUT2D eigenvalue weighted by atomic mass is 32.2. The Labute approximate surface area is 128 Å². The molecule has 0 fully saturated rings. The Kier molecular flexibility index (Phi) is 4.36. The minimum absolute atomic E-state index is 0.0455. The highest BCUT2D eigenvalue weighted by Crippen LogP contribution is 2.23. The summed E-state index contributed by atoms with van der Waals surface area (Å²) in [6.07, 6.45) is 0. The lowest BCUT2D eigenvalue weighted by atomic mass is 10.0. The molecule has 0 aliphatic carbocycles. The van der Waals surface area contributed by atoms with Gasteiger partial charge in [0.15, 0.2) is 4.21 Å². The number of rotatable bonds is 4. The highest BCUT2D eigenvalue weighted by molar-refractivity contribution is 7.91. The molecule has 1 atom stereocenters. The summed E-state index contributed by atoms with van der Waals surface area (Å²) in [6, 6.07) is 5.52. The molecule has 21 heavy (non-hydrogen) atoms. The lowest BCUT2D eigenvalue weighted by molar-refractivity contribution is 0.568. The SMILES string of the molecule is Cc1ccc(C(C)NS(=O)(=O)c2sc(=O)[nH]c2C)c(C)c1. The smallest absolute Gasteiger partial charge is 0.305 e. The van der Waals surface area contributed by atoms with E-state index in [1.54, 1.807) is 13.8 Å². The first-order valence-electron chi connectivity index (χ1n) is 6.50. The molecular formula is C14H18N2O3S2. The van der Waals surface area contributed by atoms with Gasteiger partial charge >= 0.3 is 4.87 Å². The first-order chi connectivity index (χ1) is 9.70. The maximum Gasteiger partial charge on any atom is 0.305 e. The molecule has 0 spiro atoms. The van der Waals surface area contributed by atoms with Crippen LogP contribution in [0.3, 0.4) is 0 Å². The molecule has 0 aliphatic rings. The van der Waals surface area contributed by atoms with Crippen molar-refractivity contribution in [3.05, 3.63) is 50.3 Å². The summed E-state index contributed by atoms with van der Waals surface area (Å²) in [4.78, 5) is 13.4. The normalized spacial score (nSPS) is 13.3. The van der Waals surface area contributed by atoms with Crippen molar-refractivity contribution in [3.8, 4) is 0 Å². The molecule has 114 valence electrons. The van der Waals surface area contributed by atoms with Gasteiger partial charge in [0.05, 0.1) is 0 Å². The maximum atomic E-state index is 12.4. The van der Waals surface area contributed by atoms with Gasteiger partial charge in [0.1, 0.15) is 0 Å². The number of aromatic amines is 1. The number of aryl methyl sites for hydroxylation is 3. The van der Waals surface area contributed by atoms with Crippen molar-refractivity contribution >= 4 is 21.4 Å². The average Bonchev–Trinajstić information content (AvgIpc) is 2.68. The summed E-state index contributed by atoms with van der Waals surface area (Å²) in [7, 11) is -3.71. The highest BCUT2D eigenvalue weighted by Gasteiger charge is 2.23. The van der Waals surface area contributed by atoms with Crippen LogP contribution in [-0.4, -0.2) is 13.4 Å². The van der Waals surface area contributed by atoms with Crippen LogP contribution in [0.25, 0.3) is 0 Å². The van der Waals surface area contributed by atoms with Gasteiger partial charge in [-0.15, -0.1) is 0 Å². The lowest BCUT2D eigenvalue weighted by Gasteiger charge is -2.16.